The van der Waals surface area contributed by atoms with Crippen LogP contribution in [0.15, 0.2) is 163 Å². The molecule has 6 aromatic carbocycles. The number of ether oxygens (including phenoxy) is 2. The molecule has 2 heterocycles. The van der Waals surface area contributed by atoms with Crippen molar-refractivity contribution in [3.05, 3.63) is 190 Å². The molecule has 0 spiro atoms. The van der Waals surface area contributed by atoms with Gasteiger partial charge in [0.1, 0.15) is 18.5 Å². The van der Waals surface area contributed by atoms with Crippen LogP contribution in [0.1, 0.15) is 68.4 Å². The summed E-state index contributed by atoms with van der Waals surface area (Å²) in [5.74, 6) is 0.642. The Morgan fingerprint density at radius 1 is 0.743 bits per heavy atom. The molecule has 1 atom stereocenters. The zero-order valence-corrected chi connectivity index (χ0v) is 42.4. The Hall–Kier alpha value is -6.50. The lowest BCUT2D eigenvalue weighted by atomic mass is 10.0. The van der Waals surface area contributed by atoms with Crippen LogP contribution in [0.5, 0.6) is 5.75 Å². The number of nitrogens with one attached hydrogen (secondary N) is 4. The van der Waals surface area contributed by atoms with E-state index in [1.165, 1.54) is 11.1 Å². The second-order valence-corrected chi connectivity index (χ2v) is 24.7. The Bertz CT molecular complexity index is 2820. The number of anilines is 3. The Morgan fingerprint density at radius 3 is 2.07 bits per heavy atom. The van der Waals surface area contributed by atoms with Gasteiger partial charge in [-0.15, -0.1) is 0 Å². The first kappa shape index (κ1) is 49.9. The number of fused-ring (bicyclic) bond motifs is 1. The molecule has 0 bridgehead atoms. The number of hydrogen-bond acceptors (Lipinski definition) is 8. The van der Waals surface area contributed by atoms with E-state index in [9.17, 15) is 9.59 Å². The van der Waals surface area contributed by atoms with Crippen molar-refractivity contribution >= 4 is 42.4 Å². The maximum absolute atomic E-state index is 12.9. The van der Waals surface area contributed by atoms with Crippen LogP contribution in [0, 0.1) is 0 Å². The van der Waals surface area contributed by atoms with Gasteiger partial charge in [-0.1, -0.05) is 130 Å². The van der Waals surface area contributed by atoms with E-state index in [0.717, 1.165) is 103 Å². The molecule has 1 saturated heterocycles. The van der Waals surface area contributed by atoms with Crippen LogP contribution in [0.4, 0.5) is 21.9 Å². The van der Waals surface area contributed by atoms with E-state index in [1.807, 2.05) is 97.1 Å². The number of rotatable bonds is 20. The number of aromatic amines is 1. The fourth-order valence-electron chi connectivity index (χ4n) is 8.78. The number of H-pyrrole nitrogens is 1. The van der Waals surface area contributed by atoms with Crippen LogP contribution in [0.25, 0.3) is 22.0 Å². The van der Waals surface area contributed by atoms with Crippen molar-refractivity contribution in [2.24, 2.45) is 0 Å². The molecule has 1 unspecified atom stereocenters. The van der Waals surface area contributed by atoms with Crippen LogP contribution in [-0.2, 0) is 28.6 Å². The summed E-state index contributed by atoms with van der Waals surface area (Å²) in [6.07, 6.45) is 3.94. The maximum atomic E-state index is 12.9. The normalized spacial score (nSPS) is 14.0. The molecule has 10 nitrogen and oxygen atoms in total. The molecule has 0 saturated carbocycles. The van der Waals surface area contributed by atoms with Crippen molar-refractivity contribution in [3.63, 3.8) is 0 Å². The van der Waals surface area contributed by atoms with Gasteiger partial charge in [-0.05, 0) is 134 Å². The minimum atomic E-state index is -2.19. The first-order valence-electron chi connectivity index (χ1n) is 24.9. The van der Waals surface area contributed by atoms with Crippen LogP contribution >= 0.6 is 0 Å². The van der Waals surface area contributed by atoms with Gasteiger partial charge in [0, 0.05) is 48.0 Å². The maximum Gasteiger partial charge on any atom is 0.411 e. The molecule has 11 heteroatoms. The molecule has 0 aliphatic carbocycles. The Morgan fingerprint density at radius 2 is 1.39 bits per heavy atom. The van der Waals surface area contributed by atoms with Gasteiger partial charge in [0.15, 0.2) is 8.32 Å². The number of amides is 1. The van der Waals surface area contributed by atoms with Crippen molar-refractivity contribution in [2.75, 3.05) is 43.4 Å². The highest BCUT2D eigenvalue weighted by atomic mass is 28.4. The number of hydrogen-bond donors (Lipinski definition) is 4. The number of likely N-dealkylation sites (tertiary alicyclic amines) is 1. The largest absolute Gasteiger partial charge is 0.487 e. The zero-order valence-electron chi connectivity index (χ0n) is 41.4. The monoisotopic (exact) mass is 956 g/mol. The van der Waals surface area contributed by atoms with Crippen molar-refractivity contribution in [1.82, 2.24) is 15.2 Å². The molecule has 4 N–H and O–H groups in total. The first-order chi connectivity index (χ1) is 33.9. The molecular weight excluding hydrogens is 887 g/mol. The van der Waals surface area contributed by atoms with E-state index in [0.29, 0.717) is 24.4 Å². The third-order valence-electron chi connectivity index (χ3n) is 13.8. The average molecular weight is 956 g/mol. The van der Waals surface area contributed by atoms with Gasteiger partial charge < -0.3 is 34.4 Å². The van der Waals surface area contributed by atoms with Crippen molar-refractivity contribution in [2.45, 2.75) is 89.8 Å². The lowest BCUT2D eigenvalue weighted by Crippen LogP contribution is -2.43. The SMILES string of the molecule is CC(C)(C)[Si](C)(C)OC(CNCCc1ccc(Nc2ccc(CCCN3CCC(OC(=O)Nc4ccccc4-c4ccccc4)CC3)cc2)cc1)c1ccc(OCc2ccccc2)c2[nH]c(=O)ccc12. The minimum Gasteiger partial charge on any atom is -0.487 e. The van der Waals surface area contributed by atoms with Gasteiger partial charge in [-0.3, -0.25) is 10.1 Å². The number of carbonyl (C=O) groups is 1. The molecular formula is C59H69N5O5Si. The zero-order chi connectivity index (χ0) is 48.9. The van der Waals surface area contributed by atoms with Crippen molar-refractivity contribution in [1.29, 1.82) is 0 Å². The molecule has 70 heavy (non-hydrogen) atoms. The molecule has 8 rings (SSSR count). The number of para-hydroxylation sites is 1. The summed E-state index contributed by atoms with van der Waals surface area (Å²) in [4.78, 5) is 31.0. The fourth-order valence-corrected chi connectivity index (χ4v) is 10.1. The number of aromatic nitrogens is 1. The van der Waals surface area contributed by atoms with E-state index in [2.05, 4.69) is 114 Å². The fraction of sp³-hybridized carbons (Fsp3) is 0.322. The Balaban J connectivity index is 0.773. The third kappa shape index (κ3) is 13.6. The van der Waals surface area contributed by atoms with Gasteiger partial charge in [0.2, 0.25) is 5.56 Å². The van der Waals surface area contributed by atoms with Gasteiger partial charge in [0.25, 0.3) is 0 Å². The predicted octanol–water partition coefficient (Wildman–Crippen LogP) is 13.1. The van der Waals surface area contributed by atoms with Gasteiger partial charge >= 0.3 is 6.09 Å². The third-order valence-corrected chi connectivity index (χ3v) is 18.3. The number of carbonyl (C=O) groups excluding carboxylic acids is 1. The second-order valence-electron chi connectivity index (χ2n) is 20.0. The van der Waals surface area contributed by atoms with Crippen LogP contribution in [0.2, 0.25) is 18.1 Å². The average Bonchev–Trinajstić information content (AvgIpc) is 3.36. The lowest BCUT2D eigenvalue weighted by molar-refractivity contribution is 0.0587. The molecule has 7 aromatic rings. The van der Waals surface area contributed by atoms with E-state index in [-0.39, 0.29) is 22.8 Å². The summed E-state index contributed by atoms with van der Waals surface area (Å²) in [6, 6.07) is 52.9. The van der Waals surface area contributed by atoms with E-state index in [4.69, 9.17) is 13.9 Å². The molecule has 1 aliphatic heterocycles. The summed E-state index contributed by atoms with van der Waals surface area (Å²) in [5, 5.41) is 11.2. The summed E-state index contributed by atoms with van der Waals surface area (Å²) in [5.41, 5.74) is 10.1. The number of aryl methyl sites for hydroxylation is 1. The molecule has 1 aromatic heterocycles. The Kier molecular flexibility index (Phi) is 16.7. The molecule has 0 radical (unpaired) electrons. The number of piperidine rings is 1. The van der Waals surface area contributed by atoms with Crippen molar-refractivity contribution < 1.29 is 18.7 Å². The number of benzene rings is 6. The quantitative estimate of drug-likeness (QED) is 0.0441. The summed E-state index contributed by atoms with van der Waals surface area (Å²) in [7, 11) is -2.19. The van der Waals surface area contributed by atoms with E-state index in [1.54, 1.807) is 6.07 Å². The molecule has 364 valence electrons. The molecule has 1 fully saturated rings. The van der Waals surface area contributed by atoms with Gasteiger partial charge in [0.05, 0.1) is 17.3 Å². The molecule has 1 aliphatic rings. The topological polar surface area (TPSA) is 117 Å². The standard InChI is InChI=1S/C59H69N5O5Si/c1-59(2,3)70(4,5)69-55(51-30-32-54(57-52(51)31-33-56(65)63-57)67-42-45-15-8-6-9-16-45)41-60-37-34-44-24-28-48(29-25-44)61-47-26-22-43(23-27-47)17-14-38-64-39-35-49(36-40-64)68-58(66)62-53-21-13-12-20-50(53)46-18-10-7-11-19-46/h6-13,15-16,18-33,49,55,60-61H,14,17,34-42H2,1-5H3,(H,62,66)(H,63,65). The summed E-state index contributed by atoms with van der Waals surface area (Å²) in [6.45, 7) is 16.1. The van der Waals surface area contributed by atoms with Crippen LogP contribution < -0.4 is 26.2 Å². The van der Waals surface area contributed by atoms with Crippen molar-refractivity contribution in [3.8, 4) is 16.9 Å². The number of nitrogens with zero attached hydrogens (tertiary/aromatic N) is 1. The van der Waals surface area contributed by atoms with Gasteiger partial charge in [-0.2, -0.15) is 0 Å². The lowest BCUT2D eigenvalue weighted by Gasteiger charge is -2.39. The highest BCUT2D eigenvalue weighted by Crippen LogP contribution is 2.41. The summed E-state index contributed by atoms with van der Waals surface area (Å²) < 4.78 is 19.3. The number of pyridine rings is 1. The highest BCUT2D eigenvalue weighted by molar-refractivity contribution is 6.74. The highest BCUT2D eigenvalue weighted by Gasteiger charge is 2.40. The van der Waals surface area contributed by atoms with Crippen LogP contribution in [-0.4, -0.2) is 63.1 Å². The molecule has 1 amide bonds. The smallest absolute Gasteiger partial charge is 0.411 e. The van der Waals surface area contributed by atoms with Gasteiger partial charge in [-0.25, -0.2) is 4.79 Å². The second kappa shape index (κ2) is 23.4. The Labute approximate surface area is 414 Å². The minimum absolute atomic E-state index is 0.0182. The van der Waals surface area contributed by atoms with E-state index >= 15 is 0 Å². The summed E-state index contributed by atoms with van der Waals surface area (Å²) >= 11 is 0. The van der Waals surface area contributed by atoms with E-state index < -0.39 is 14.4 Å². The predicted molar refractivity (Wildman–Crippen MR) is 289 cm³/mol. The first-order valence-corrected chi connectivity index (χ1v) is 27.8. The van der Waals surface area contributed by atoms with Crippen LogP contribution in [0.3, 0.4) is 0 Å².